The molecule has 1 fully saturated rings. The molecule has 0 aliphatic carbocycles. The van der Waals surface area contributed by atoms with Crippen molar-refractivity contribution in [2.24, 2.45) is 5.92 Å². The minimum absolute atomic E-state index is 0.237. The van der Waals surface area contributed by atoms with Crippen LogP contribution in [0.4, 0.5) is 8.78 Å². The van der Waals surface area contributed by atoms with E-state index in [4.69, 9.17) is 4.74 Å². The Labute approximate surface area is 187 Å². The second kappa shape index (κ2) is 11.0. The summed E-state index contributed by atoms with van der Waals surface area (Å²) in [6, 6.07) is 12.0. The Kier molecular flexibility index (Phi) is 8.16. The summed E-state index contributed by atoms with van der Waals surface area (Å²) < 4.78 is 33.6. The summed E-state index contributed by atoms with van der Waals surface area (Å²) in [5.74, 6) is -2.50. The minimum atomic E-state index is -0.955. The van der Waals surface area contributed by atoms with Gasteiger partial charge in [-0.1, -0.05) is 38.1 Å². The van der Waals surface area contributed by atoms with Crippen LogP contribution < -0.4 is 10.1 Å². The summed E-state index contributed by atoms with van der Waals surface area (Å²) in [5, 5.41) is 2.53. The average molecular weight is 446 g/mol. The Morgan fingerprint density at radius 2 is 1.59 bits per heavy atom. The molecule has 0 unspecified atom stereocenters. The molecule has 2 aromatic rings. The maximum absolute atomic E-state index is 13.9. The number of amides is 2. The van der Waals surface area contributed by atoms with Gasteiger partial charge < -0.3 is 15.0 Å². The van der Waals surface area contributed by atoms with E-state index in [1.54, 1.807) is 18.7 Å². The summed E-state index contributed by atoms with van der Waals surface area (Å²) in [5.41, 5.74) is -0.672. The second-order valence-electron chi connectivity index (χ2n) is 8.12. The van der Waals surface area contributed by atoms with E-state index in [0.717, 1.165) is 24.4 Å². The number of hydrogen-bond acceptors (Lipinski definition) is 4. The summed E-state index contributed by atoms with van der Waals surface area (Å²) in [4.78, 5) is 29.5. The number of hydrogen-bond donors (Lipinski definition) is 1. The van der Waals surface area contributed by atoms with E-state index < -0.39 is 29.1 Å². The van der Waals surface area contributed by atoms with Crippen LogP contribution in [0.25, 0.3) is 0 Å². The van der Waals surface area contributed by atoms with Gasteiger partial charge in [-0.15, -0.1) is 0 Å². The fourth-order valence-electron chi connectivity index (χ4n) is 3.64. The summed E-state index contributed by atoms with van der Waals surface area (Å²) in [6.07, 6.45) is 0. The molecule has 0 radical (unpaired) electrons. The number of para-hydroxylation sites is 1. The fraction of sp³-hybridized carbons (Fsp3) is 0.417. The van der Waals surface area contributed by atoms with Crippen LogP contribution in [0.5, 0.6) is 5.75 Å². The Bertz CT molecular complexity index is 896. The van der Waals surface area contributed by atoms with Crippen LogP contribution in [-0.2, 0) is 4.79 Å². The molecule has 0 saturated carbocycles. The summed E-state index contributed by atoms with van der Waals surface area (Å²) in [7, 11) is 0. The fourth-order valence-corrected chi connectivity index (χ4v) is 3.64. The third-order valence-corrected chi connectivity index (χ3v) is 5.51. The molecule has 2 amide bonds. The Hall–Kier alpha value is -3.00. The molecule has 172 valence electrons. The maximum atomic E-state index is 13.9. The standard InChI is InChI=1S/C24H29F2N3O3/c1-17(2)22(27-23(30)21-19(25)9-6-10-20(21)26)24(31)29-13-11-28(12-14-29)15-16-32-18-7-4-3-5-8-18/h3-10,17,22H,11-16H2,1-2H3,(H,27,30)/t22-/m0/s1. The van der Waals surface area contributed by atoms with Crippen LogP contribution in [0.1, 0.15) is 24.2 Å². The van der Waals surface area contributed by atoms with Gasteiger partial charge in [0, 0.05) is 32.7 Å². The molecule has 1 saturated heterocycles. The van der Waals surface area contributed by atoms with Gasteiger partial charge in [0.2, 0.25) is 5.91 Å². The van der Waals surface area contributed by atoms with Crippen molar-refractivity contribution >= 4 is 11.8 Å². The van der Waals surface area contributed by atoms with Crippen molar-refractivity contribution in [3.63, 3.8) is 0 Å². The van der Waals surface area contributed by atoms with E-state index in [2.05, 4.69) is 10.2 Å². The van der Waals surface area contributed by atoms with Gasteiger partial charge in [-0.2, -0.15) is 0 Å². The molecular formula is C24H29F2N3O3. The van der Waals surface area contributed by atoms with Crippen molar-refractivity contribution in [1.29, 1.82) is 0 Å². The average Bonchev–Trinajstić information content (AvgIpc) is 2.78. The number of carbonyl (C=O) groups excluding carboxylic acids is 2. The molecule has 8 heteroatoms. The number of piperazine rings is 1. The van der Waals surface area contributed by atoms with Crippen LogP contribution in [0, 0.1) is 17.6 Å². The highest BCUT2D eigenvalue weighted by Gasteiger charge is 2.32. The van der Waals surface area contributed by atoms with Crippen LogP contribution in [0.3, 0.4) is 0 Å². The predicted molar refractivity (Wildman–Crippen MR) is 117 cm³/mol. The lowest BCUT2D eigenvalue weighted by molar-refractivity contribution is -0.136. The van der Waals surface area contributed by atoms with Gasteiger partial charge in [-0.3, -0.25) is 14.5 Å². The van der Waals surface area contributed by atoms with Gasteiger partial charge in [-0.05, 0) is 30.2 Å². The molecule has 1 N–H and O–H groups in total. The first kappa shape index (κ1) is 23.7. The van der Waals surface area contributed by atoms with E-state index in [9.17, 15) is 18.4 Å². The molecule has 2 aromatic carbocycles. The Balaban J connectivity index is 1.52. The van der Waals surface area contributed by atoms with Gasteiger partial charge in [0.1, 0.15) is 35.6 Å². The number of rotatable bonds is 8. The molecule has 1 atom stereocenters. The highest BCUT2D eigenvalue weighted by Crippen LogP contribution is 2.15. The largest absolute Gasteiger partial charge is 0.492 e. The quantitative estimate of drug-likeness (QED) is 0.679. The highest BCUT2D eigenvalue weighted by molar-refractivity contribution is 5.98. The van der Waals surface area contributed by atoms with Gasteiger partial charge in [0.25, 0.3) is 5.91 Å². The van der Waals surface area contributed by atoms with Crippen LogP contribution in [-0.4, -0.2) is 67.0 Å². The first-order valence-corrected chi connectivity index (χ1v) is 10.8. The van der Waals surface area contributed by atoms with Gasteiger partial charge in [0.15, 0.2) is 0 Å². The SMILES string of the molecule is CC(C)[C@H](NC(=O)c1c(F)cccc1F)C(=O)N1CCN(CCOc2ccccc2)CC1. The molecule has 32 heavy (non-hydrogen) atoms. The number of nitrogens with one attached hydrogen (secondary N) is 1. The second-order valence-corrected chi connectivity index (χ2v) is 8.12. The zero-order valence-corrected chi connectivity index (χ0v) is 18.4. The normalized spacial score (nSPS) is 15.5. The van der Waals surface area contributed by atoms with Crippen molar-refractivity contribution < 1.29 is 23.1 Å². The molecule has 0 aromatic heterocycles. The molecule has 0 spiro atoms. The van der Waals surface area contributed by atoms with Crippen molar-refractivity contribution in [3.8, 4) is 5.75 Å². The van der Waals surface area contributed by atoms with E-state index in [-0.39, 0.29) is 11.8 Å². The number of ether oxygens (including phenoxy) is 1. The van der Waals surface area contributed by atoms with Crippen molar-refractivity contribution in [1.82, 2.24) is 15.1 Å². The zero-order valence-electron chi connectivity index (χ0n) is 18.4. The molecule has 1 heterocycles. The number of halogens is 2. The summed E-state index contributed by atoms with van der Waals surface area (Å²) in [6.45, 7) is 7.27. The van der Waals surface area contributed by atoms with Crippen LogP contribution in [0.15, 0.2) is 48.5 Å². The lowest BCUT2D eigenvalue weighted by atomic mass is 10.0. The topological polar surface area (TPSA) is 61.9 Å². The maximum Gasteiger partial charge on any atom is 0.257 e. The van der Waals surface area contributed by atoms with Gasteiger partial charge in [-0.25, -0.2) is 8.78 Å². The number of benzene rings is 2. The molecule has 0 bridgehead atoms. The smallest absolute Gasteiger partial charge is 0.257 e. The van der Waals surface area contributed by atoms with Gasteiger partial charge >= 0.3 is 0 Å². The van der Waals surface area contributed by atoms with E-state index in [1.165, 1.54) is 6.07 Å². The molecule has 1 aliphatic rings. The Morgan fingerprint density at radius 1 is 0.969 bits per heavy atom. The first-order valence-electron chi connectivity index (χ1n) is 10.8. The van der Waals surface area contributed by atoms with Gasteiger partial charge in [0.05, 0.1) is 0 Å². The van der Waals surface area contributed by atoms with Crippen molar-refractivity contribution in [3.05, 3.63) is 65.7 Å². The lowest BCUT2D eigenvalue weighted by Gasteiger charge is -2.37. The zero-order chi connectivity index (χ0) is 23.1. The van der Waals surface area contributed by atoms with Crippen molar-refractivity contribution in [2.45, 2.75) is 19.9 Å². The minimum Gasteiger partial charge on any atom is -0.492 e. The third-order valence-electron chi connectivity index (χ3n) is 5.51. The van der Waals surface area contributed by atoms with Crippen LogP contribution in [0.2, 0.25) is 0 Å². The van der Waals surface area contributed by atoms with Crippen LogP contribution >= 0.6 is 0 Å². The monoisotopic (exact) mass is 445 g/mol. The molecule has 1 aliphatic heterocycles. The molecule has 3 rings (SSSR count). The van der Waals surface area contributed by atoms with Crippen molar-refractivity contribution in [2.75, 3.05) is 39.3 Å². The van der Waals surface area contributed by atoms with E-state index in [1.807, 2.05) is 30.3 Å². The number of nitrogens with zero attached hydrogens (tertiary/aromatic N) is 2. The Morgan fingerprint density at radius 3 is 2.19 bits per heavy atom. The predicted octanol–water partition coefficient (Wildman–Crippen LogP) is 2.94. The van der Waals surface area contributed by atoms with E-state index >= 15 is 0 Å². The summed E-state index contributed by atoms with van der Waals surface area (Å²) >= 11 is 0. The molecular weight excluding hydrogens is 416 g/mol. The highest BCUT2D eigenvalue weighted by atomic mass is 19.1. The number of carbonyl (C=O) groups is 2. The lowest BCUT2D eigenvalue weighted by Crippen LogP contribution is -2.56. The first-order chi connectivity index (χ1) is 15.4. The third kappa shape index (κ3) is 6.03. The molecule has 6 nitrogen and oxygen atoms in total. The van der Waals surface area contributed by atoms with E-state index in [0.29, 0.717) is 32.8 Å².